The summed E-state index contributed by atoms with van der Waals surface area (Å²) >= 11 is 6.92. The van der Waals surface area contributed by atoms with Crippen molar-refractivity contribution < 1.29 is 13.3 Å². The smallest absolute Gasteiger partial charge is 0.258 e. The van der Waals surface area contributed by atoms with Crippen LogP contribution in [0.2, 0.25) is 5.02 Å². The number of thiophene rings is 1. The first-order chi connectivity index (χ1) is 13.7. The number of nitrogens with zero attached hydrogens (tertiary/aromatic N) is 1. The summed E-state index contributed by atoms with van der Waals surface area (Å²) in [6, 6.07) is 17.3. The van der Waals surface area contributed by atoms with Crippen LogP contribution in [0.5, 0.6) is 0 Å². The van der Waals surface area contributed by atoms with Crippen molar-refractivity contribution in [3.05, 3.63) is 81.4 Å². The van der Waals surface area contributed by atoms with Crippen molar-refractivity contribution in [1.29, 1.82) is 0 Å². The van der Waals surface area contributed by atoms with Crippen molar-refractivity contribution in [2.75, 3.05) is 0 Å². The molecule has 0 radical (unpaired) electrons. The van der Waals surface area contributed by atoms with Crippen molar-refractivity contribution in [2.24, 2.45) is 0 Å². The van der Waals surface area contributed by atoms with Crippen LogP contribution in [0.3, 0.4) is 0 Å². The first-order valence-electron chi connectivity index (χ1n) is 8.83. The number of hydrogen-bond acceptors (Lipinski definition) is 5. The third kappa shape index (κ3) is 3.81. The fourth-order valence-corrected chi connectivity index (χ4v) is 6.20. The largest absolute Gasteiger partial charge is 0.288 e. The maximum Gasteiger partial charge on any atom is 0.288 e. The van der Waals surface area contributed by atoms with Crippen LogP contribution in [0, 0.1) is 10.1 Å². The standard InChI is InChI=1S/C20H17ClN2O4S2/c1-20(14-5-3-2-4-6-14)12-18(20)22-29(26,27)19-10-9-17(28-19)13-7-8-15(21)16(11-13)23(24)25/h2-11,18,22H,12H2,1H3/t18-,20+/m0/s1. The predicted molar refractivity (Wildman–Crippen MR) is 114 cm³/mol. The molecule has 1 heterocycles. The van der Waals surface area contributed by atoms with E-state index in [1.807, 2.05) is 37.3 Å². The van der Waals surface area contributed by atoms with E-state index in [2.05, 4.69) is 4.72 Å². The van der Waals surface area contributed by atoms with Gasteiger partial charge in [0.15, 0.2) is 0 Å². The molecule has 4 rings (SSSR count). The Balaban J connectivity index is 1.55. The van der Waals surface area contributed by atoms with Gasteiger partial charge in [-0.15, -0.1) is 11.3 Å². The summed E-state index contributed by atoms with van der Waals surface area (Å²) in [5, 5.41) is 11.1. The average Bonchev–Trinajstić information content (AvgIpc) is 3.10. The van der Waals surface area contributed by atoms with Gasteiger partial charge in [-0.05, 0) is 35.7 Å². The minimum absolute atomic E-state index is 0.0405. The molecular weight excluding hydrogens is 432 g/mol. The summed E-state index contributed by atoms with van der Waals surface area (Å²) in [6.07, 6.45) is 0.734. The Morgan fingerprint density at radius 1 is 1.17 bits per heavy atom. The molecule has 3 aromatic rings. The summed E-state index contributed by atoms with van der Waals surface area (Å²) in [5.41, 5.74) is 1.23. The van der Waals surface area contributed by atoms with E-state index < -0.39 is 14.9 Å². The van der Waals surface area contributed by atoms with E-state index in [9.17, 15) is 18.5 Å². The first-order valence-corrected chi connectivity index (χ1v) is 11.5. The fraction of sp³-hybridized carbons (Fsp3) is 0.200. The minimum Gasteiger partial charge on any atom is -0.258 e. The van der Waals surface area contributed by atoms with Gasteiger partial charge < -0.3 is 0 Å². The number of nitro groups is 1. The van der Waals surface area contributed by atoms with E-state index >= 15 is 0 Å². The molecule has 0 amide bonds. The molecule has 0 spiro atoms. The van der Waals surface area contributed by atoms with E-state index in [0.29, 0.717) is 10.4 Å². The van der Waals surface area contributed by atoms with E-state index in [-0.39, 0.29) is 26.4 Å². The van der Waals surface area contributed by atoms with Crippen molar-refractivity contribution in [3.8, 4) is 10.4 Å². The van der Waals surface area contributed by atoms with Gasteiger partial charge in [0.05, 0.1) is 4.92 Å². The van der Waals surface area contributed by atoms with Crippen LogP contribution in [0.1, 0.15) is 18.9 Å². The third-order valence-corrected chi connectivity index (χ3v) is 8.66. The quantitative estimate of drug-likeness (QED) is 0.425. The monoisotopic (exact) mass is 448 g/mol. The summed E-state index contributed by atoms with van der Waals surface area (Å²) in [6.45, 7) is 2.04. The van der Waals surface area contributed by atoms with Gasteiger partial charge >= 0.3 is 0 Å². The van der Waals surface area contributed by atoms with Crippen LogP contribution in [0.4, 0.5) is 5.69 Å². The maximum absolute atomic E-state index is 12.8. The highest BCUT2D eigenvalue weighted by molar-refractivity contribution is 7.91. The van der Waals surface area contributed by atoms with Crippen molar-refractivity contribution in [1.82, 2.24) is 4.72 Å². The van der Waals surface area contributed by atoms with Gasteiger partial charge in [0, 0.05) is 22.4 Å². The summed E-state index contributed by atoms with van der Waals surface area (Å²) in [4.78, 5) is 11.2. The fourth-order valence-electron chi connectivity index (χ4n) is 3.35. The second-order valence-electron chi connectivity index (χ2n) is 7.20. The Kier molecular flexibility index (Phi) is 4.98. The van der Waals surface area contributed by atoms with Crippen molar-refractivity contribution in [3.63, 3.8) is 0 Å². The van der Waals surface area contributed by atoms with Crippen LogP contribution in [-0.2, 0) is 15.4 Å². The molecule has 2 atom stereocenters. The summed E-state index contributed by atoms with van der Waals surface area (Å²) in [7, 11) is -3.69. The lowest BCUT2D eigenvalue weighted by atomic mass is 9.98. The minimum atomic E-state index is -3.69. The first kappa shape index (κ1) is 20.0. The normalized spacial score (nSPS) is 21.1. The highest BCUT2D eigenvalue weighted by Gasteiger charge is 2.53. The molecule has 2 aromatic carbocycles. The number of nitrogens with one attached hydrogen (secondary N) is 1. The Labute approximate surface area is 177 Å². The van der Waals surface area contributed by atoms with E-state index in [1.54, 1.807) is 12.1 Å². The molecule has 6 nitrogen and oxygen atoms in total. The molecule has 0 saturated heterocycles. The van der Waals surface area contributed by atoms with Gasteiger partial charge in [0.1, 0.15) is 9.23 Å². The molecule has 0 bridgehead atoms. The van der Waals surface area contributed by atoms with Crippen molar-refractivity contribution in [2.45, 2.75) is 29.0 Å². The number of benzene rings is 2. The molecule has 0 unspecified atom stereocenters. The Morgan fingerprint density at radius 2 is 1.90 bits per heavy atom. The Bertz CT molecular complexity index is 1190. The van der Waals surface area contributed by atoms with Crippen LogP contribution in [-0.4, -0.2) is 19.4 Å². The lowest BCUT2D eigenvalue weighted by molar-refractivity contribution is -0.384. The molecule has 1 aromatic heterocycles. The van der Waals surface area contributed by atoms with Crippen molar-refractivity contribution >= 4 is 38.6 Å². The highest BCUT2D eigenvalue weighted by atomic mass is 35.5. The van der Waals surface area contributed by atoms with Gasteiger partial charge in [-0.1, -0.05) is 54.9 Å². The molecule has 1 aliphatic carbocycles. The van der Waals surface area contributed by atoms with Gasteiger partial charge in [0.2, 0.25) is 10.0 Å². The number of halogens is 1. The zero-order chi connectivity index (χ0) is 20.8. The van der Waals surface area contributed by atoms with Crippen LogP contribution >= 0.6 is 22.9 Å². The molecule has 1 saturated carbocycles. The molecular formula is C20H17ClN2O4S2. The Morgan fingerprint density at radius 3 is 2.59 bits per heavy atom. The highest BCUT2D eigenvalue weighted by Crippen LogP contribution is 2.48. The molecule has 150 valence electrons. The van der Waals surface area contributed by atoms with Gasteiger partial charge in [-0.25, -0.2) is 13.1 Å². The number of nitro benzene ring substituents is 1. The molecule has 1 fully saturated rings. The topological polar surface area (TPSA) is 89.3 Å². The summed E-state index contributed by atoms with van der Waals surface area (Å²) < 4.78 is 28.7. The number of rotatable bonds is 6. The number of hydrogen-bond donors (Lipinski definition) is 1. The molecule has 9 heteroatoms. The predicted octanol–water partition coefficient (Wildman–Crippen LogP) is 4.99. The zero-order valence-corrected chi connectivity index (χ0v) is 17.7. The van der Waals surface area contributed by atoms with Crippen LogP contribution in [0.25, 0.3) is 10.4 Å². The second kappa shape index (κ2) is 7.21. The number of sulfonamides is 1. The van der Waals surface area contributed by atoms with E-state index in [0.717, 1.165) is 23.3 Å². The average molecular weight is 449 g/mol. The van der Waals surface area contributed by atoms with Gasteiger partial charge in [-0.2, -0.15) is 0 Å². The molecule has 1 aliphatic rings. The summed E-state index contributed by atoms with van der Waals surface area (Å²) in [5.74, 6) is 0. The molecule has 29 heavy (non-hydrogen) atoms. The maximum atomic E-state index is 12.8. The third-order valence-electron chi connectivity index (χ3n) is 5.24. The van der Waals surface area contributed by atoms with Crippen LogP contribution < -0.4 is 4.72 Å². The lowest BCUT2D eigenvalue weighted by Gasteiger charge is -2.12. The SMILES string of the molecule is C[C@]1(c2ccccc2)C[C@@H]1NS(=O)(=O)c1ccc(-c2ccc(Cl)c([N+](=O)[O-])c2)s1. The molecule has 0 aliphatic heterocycles. The second-order valence-corrected chi connectivity index (χ2v) is 10.6. The van der Waals surface area contributed by atoms with Crippen LogP contribution in [0.15, 0.2) is 64.9 Å². The Hall–Kier alpha value is -2.26. The van der Waals surface area contributed by atoms with E-state index in [1.165, 1.54) is 18.2 Å². The molecule has 1 N–H and O–H groups in total. The lowest BCUT2D eigenvalue weighted by Crippen LogP contribution is -2.29. The zero-order valence-electron chi connectivity index (χ0n) is 15.3. The van der Waals surface area contributed by atoms with Gasteiger partial charge in [0.25, 0.3) is 5.69 Å². The van der Waals surface area contributed by atoms with E-state index in [4.69, 9.17) is 11.6 Å². The van der Waals surface area contributed by atoms with Gasteiger partial charge in [-0.3, -0.25) is 10.1 Å².